The van der Waals surface area contributed by atoms with Crippen molar-refractivity contribution >= 4 is 80.8 Å². The Morgan fingerprint density at radius 1 is 1.12 bits per heavy atom. The van der Waals surface area contributed by atoms with E-state index in [4.69, 9.17) is 10.6 Å². The number of carbonyl (C=O) groups excluding carboxylic acids is 2. The summed E-state index contributed by atoms with van der Waals surface area (Å²) >= 11 is 4.70. The fraction of sp³-hybridized carbons (Fsp3) is 0.172. The summed E-state index contributed by atoms with van der Waals surface area (Å²) in [6.07, 6.45) is -1.55. The zero-order chi connectivity index (χ0) is 34.8. The minimum atomic E-state index is -1.55. The normalized spacial score (nSPS) is 18.0. The van der Waals surface area contributed by atoms with Gasteiger partial charge in [-0.15, -0.1) is 33.3 Å². The first-order valence-electron chi connectivity index (χ1n) is 13.9. The van der Waals surface area contributed by atoms with Crippen molar-refractivity contribution in [1.82, 2.24) is 25.4 Å². The highest BCUT2D eigenvalue weighted by Crippen LogP contribution is 2.42. The molecule has 2 aromatic heterocycles. The highest BCUT2D eigenvalue weighted by molar-refractivity contribution is 8.01. The molecule has 0 aliphatic carbocycles. The summed E-state index contributed by atoms with van der Waals surface area (Å²) in [5, 5.41) is 55.0. The van der Waals surface area contributed by atoms with Gasteiger partial charge < -0.3 is 36.3 Å². The number of hydrogen-bond donors (Lipinski definition) is 6. The van der Waals surface area contributed by atoms with Crippen LogP contribution in [0.15, 0.2) is 74.7 Å². The van der Waals surface area contributed by atoms with Crippen molar-refractivity contribution < 1.29 is 44.4 Å². The lowest BCUT2D eigenvalue weighted by Crippen LogP contribution is -2.71. The van der Waals surface area contributed by atoms with Gasteiger partial charge in [0.05, 0.1) is 0 Å². The van der Waals surface area contributed by atoms with Crippen LogP contribution >= 0.6 is 46.2 Å². The standard InChI is InChI=1S/C29H23N7O9S4/c30-28-31-15(11-47-28)18(35-45-21(27(43)44)12-4-2-1-3-5-12)22(39)32-19-24(40)36-20(26(41)42)14(9-46-25(19)36)10-48-29-34-33-23(49-29)13-6-7-16(37)17(38)8-13/h1-8,11,19,21,25,37-38H,9-10H2,(H2,30,31)(H,32,39)(H,41,42)(H,43,44)/t19-,21?,25-/m1/s1. The van der Waals surface area contributed by atoms with Gasteiger partial charge >= 0.3 is 11.9 Å². The summed E-state index contributed by atoms with van der Waals surface area (Å²) in [5.74, 6) is -4.40. The number of nitrogens with zero attached hydrogens (tertiary/aromatic N) is 5. The van der Waals surface area contributed by atoms with Crippen LogP contribution < -0.4 is 11.1 Å². The molecule has 0 spiro atoms. The molecule has 2 aromatic carbocycles. The molecule has 0 saturated carbocycles. The Labute approximate surface area is 292 Å². The predicted octanol–water partition coefficient (Wildman–Crippen LogP) is 2.73. The monoisotopic (exact) mass is 741 g/mol. The minimum absolute atomic E-state index is 0.00963. The predicted molar refractivity (Wildman–Crippen MR) is 180 cm³/mol. The number of nitrogen functional groups attached to an aromatic ring is 1. The average Bonchev–Trinajstić information content (AvgIpc) is 3.74. The molecule has 0 radical (unpaired) electrons. The molecule has 2 aliphatic rings. The highest BCUT2D eigenvalue weighted by Gasteiger charge is 2.54. The van der Waals surface area contributed by atoms with E-state index in [1.807, 2.05) is 0 Å². The number of benzene rings is 2. The summed E-state index contributed by atoms with van der Waals surface area (Å²) in [6, 6.07) is 11.1. The number of aromatic nitrogens is 3. The summed E-state index contributed by atoms with van der Waals surface area (Å²) in [6.45, 7) is 0. The van der Waals surface area contributed by atoms with Gasteiger partial charge in [0.25, 0.3) is 11.8 Å². The van der Waals surface area contributed by atoms with Crippen LogP contribution in [0.1, 0.15) is 17.4 Å². The number of carbonyl (C=O) groups is 4. The van der Waals surface area contributed by atoms with E-state index in [1.54, 1.807) is 24.3 Å². The number of rotatable bonds is 12. The number of phenols is 2. The smallest absolute Gasteiger partial charge is 0.352 e. The number of oxime groups is 1. The number of phenolic OH excluding ortho intramolecular Hbond substituents is 2. The molecule has 7 N–H and O–H groups in total. The van der Waals surface area contributed by atoms with Gasteiger partial charge in [-0.25, -0.2) is 14.6 Å². The van der Waals surface area contributed by atoms with Gasteiger partial charge in [-0.05, 0) is 23.8 Å². The zero-order valence-electron chi connectivity index (χ0n) is 24.6. The van der Waals surface area contributed by atoms with E-state index in [0.717, 1.165) is 16.2 Å². The SMILES string of the molecule is Nc1nc(C(=NOC(C(=O)O)c2ccccc2)C(=O)N[C@@H]2C(=O)N3C(C(=O)O)=C(CSc4nnc(-c5ccc(O)c(O)c5)s4)CS[C@H]23)cs1. The second-order valence-corrected chi connectivity index (χ2v) is 14.4. The molecule has 0 bridgehead atoms. The van der Waals surface area contributed by atoms with Gasteiger partial charge in [0.15, 0.2) is 26.7 Å². The van der Waals surface area contributed by atoms with Crippen molar-refractivity contribution in [2.75, 3.05) is 17.2 Å². The number of aromatic hydroxyl groups is 2. The number of fused-ring (bicyclic) bond motifs is 1. The highest BCUT2D eigenvalue weighted by atomic mass is 32.2. The van der Waals surface area contributed by atoms with Crippen molar-refractivity contribution in [2.45, 2.75) is 21.9 Å². The molecule has 2 aliphatic heterocycles. The van der Waals surface area contributed by atoms with E-state index in [1.165, 1.54) is 64.5 Å². The molecule has 252 valence electrons. The van der Waals surface area contributed by atoms with Gasteiger partial charge in [-0.3, -0.25) is 14.5 Å². The van der Waals surface area contributed by atoms with Crippen LogP contribution in [0.25, 0.3) is 10.6 Å². The summed E-state index contributed by atoms with van der Waals surface area (Å²) in [4.78, 5) is 61.6. The summed E-state index contributed by atoms with van der Waals surface area (Å²) < 4.78 is 0.515. The lowest BCUT2D eigenvalue weighted by molar-refractivity contribution is -0.151. The van der Waals surface area contributed by atoms with Gasteiger partial charge in [0.2, 0.25) is 6.10 Å². The van der Waals surface area contributed by atoms with Crippen LogP contribution in [0.5, 0.6) is 11.5 Å². The second kappa shape index (κ2) is 14.1. The number of thiazole rings is 1. The number of anilines is 1. The maximum absolute atomic E-state index is 13.5. The van der Waals surface area contributed by atoms with Crippen molar-refractivity contribution in [1.29, 1.82) is 0 Å². The Kier molecular flexibility index (Phi) is 9.72. The third-order valence-corrected chi connectivity index (χ3v) is 11.3. The van der Waals surface area contributed by atoms with Crippen molar-refractivity contribution in [3.8, 4) is 22.1 Å². The van der Waals surface area contributed by atoms with E-state index in [2.05, 4.69) is 25.7 Å². The average molecular weight is 742 g/mol. The third-order valence-electron chi connectivity index (χ3n) is 7.09. The molecule has 16 nitrogen and oxygen atoms in total. The molecule has 20 heteroatoms. The van der Waals surface area contributed by atoms with Gasteiger partial charge in [-0.1, -0.05) is 58.6 Å². The molecule has 49 heavy (non-hydrogen) atoms. The molecular formula is C29H23N7O9S4. The van der Waals surface area contributed by atoms with Gasteiger partial charge in [0.1, 0.15) is 27.8 Å². The number of carboxylic acid groups (broad SMARTS) is 2. The van der Waals surface area contributed by atoms with E-state index in [9.17, 15) is 39.6 Å². The second-order valence-electron chi connectivity index (χ2n) is 10.2. The molecular weight excluding hydrogens is 719 g/mol. The van der Waals surface area contributed by atoms with Crippen LogP contribution in [0.2, 0.25) is 0 Å². The minimum Gasteiger partial charge on any atom is -0.504 e. The number of β-lactam (4-membered cyclic amide) rings is 1. The molecule has 2 amide bonds. The Bertz CT molecular complexity index is 2020. The Hall–Kier alpha value is -5.18. The number of hydrogen-bond acceptors (Lipinski definition) is 16. The zero-order valence-corrected chi connectivity index (χ0v) is 27.9. The van der Waals surface area contributed by atoms with E-state index in [0.29, 0.717) is 20.5 Å². The first-order valence-corrected chi connectivity index (χ1v) is 17.7. The van der Waals surface area contributed by atoms with Crippen LogP contribution in [0.4, 0.5) is 5.13 Å². The Morgan fingerprint density at radius 2 is 1.90 bits per heavy atom. The number of aliphatic carboxylic acids is 2. The molecule has 3 atom stereocenters. The first-order chi connectivity index (χ1) is 23.5. The summed E-state index contributed by atoms with van der Waals surface area (Å²) in [7, 11) is 0. The van der Waals surface area contributed by atoms with Crippen molar-refractivity contribution in [3.63, 3.8) is 0 Å². The number of carboxylic acids is 2. The van der Waals surface area contributed by atoms with Crippen LogP contribution in [-0.4, -0.2) is 92.9 Å². The molecule has 1 saturated heterocycles. The number of amides is 2. The third kappa shape index (κ3) is 7.02. The number of nitrogens with two attached hydrogens (primary N) is 1. The van der Waals surface area contributed by atoms with Gasteiger partial charge in [-0.2, -0.15) is 0 Å². The molecule has 6 rings (SSSR count). The quantitative estimate of drug-likeness (QED) is 0.0402. The van der Waals surface area contributed by atoms with Crippen molar-refractivity contribution in [3.05, 3.63) is 76.4 Å². The Morgan fingerprint density at radius 3 is 2.57 bits per heavy atom. The molecule has 1 unspecified atom stereocenters. The topological polar surface area (TPSA) is 251 Å². The Balaban J connectivity index is 1.16. The maximum Gasteiger partial charge on any atom is 0.352 e. The summed E-state index contributed by atoms with van der Waals surface area (Å²) in [5.41, 5.74) is 6.39. The largest absolute Gasteiger partial charge is 0.504 e. The van der Waals surface area contributed by atoms with Crippen LogP contribution in [-0.2, 0) is 24.0 Å². The van der Waals surface area contributed by atoms with E-state index >= 15 is 0 Å². The number of nitrogens with one attached hydrogen (secondary N) is 1. The lowest BCUT2D eigenvalue weighted by atomic mass is 10.0. The molecule has 1 fully saturated rings. The van der Waals surface area contributed by atoms with Gasteiger partial charge in [0, 0.05) is 28.0 Å². The first kappa shape index (κ1) is 33.7. The number of thioether (sulfide) groups is 2. The van der Waals surface area contributed by atoms with Crippen LogP contribution in [0.3, 0.4) is 0 Å². The van der Waals surface area contributed by atoms with E-state index < -0.39 is 47.0 Å². The van der Waals surface area contributed by atoms with E-state index in [-0.39, 0.29) is 45.1 Å². The molecule has 4 heterocycles. The fourth-order valence-corrected chi connectivity index (χ4v) is 8.66. The fourth-order valence-electron chi connectivity index (χ4n) is 4.78. The molecule has 4 aromatic rings. The van der Waals surface area contributed by atoms with Crippen LogP contribution in [0, 0.1) is 0 Å². The van der Waals surface area contributed by atoms with Crippen molar-refractivity contribution in [2.24, 2.45) is 5.16 Å². The maximum atomic E-state index is 13.5. The lowest BCUT2D eigenvalue weighted by Gasteiger charge is -2.49.